The Hall–Kier alpha value is -2.90. The van der Waals surface area contributed by atoms with Crippen LogP contribution in [-0.4, -0.2) is 26.0 Å². The molecule has 21 heavy (non-hydrogen) atoms. The summed E-state index contributed by atoms with van der Waals surface area (Å²) in [5.74, 6) is -5.55. The molecule has 5 nitrogen and oxygen atoms in total. The van der Waals surface area contributed by atoms with Gasteiger partial charge in [-0.3, -0.25) is 0 Å². The van der Waals surface area contributed by atoms with E-state index in [0.29, 0.717) is 0 Å². The fraction of sp³-hybridized carbons (Fsp3) is 0. The van der Waals surface area contributed by atoms with Gasteiger partial charge in [0.15, 0.2) is 23.1 Å². The third kappa shape index (κ3) is 2.10. The number of carboxylic acid groups (broad SMARTS) is 1. The molecule has 3 rings (SSSR count). The molecule has 0 saturated carbocycles. The molecule has 0 aliphatic heterocycles. The van der Waals surface area contributed by atoms with E-state index in [1.807, 2.05) is 0 Å². The summed E-state index contributed by atoms with van der Waals surface area (Å²) in [7, 11) is 0. The van der Waals surface area contributed by atoms with Crippen LogP contribution in [0, 0.1) is 17.5 Å². The molecule has 2 heterocycles. The van der Waals surface area contributed by atoms with E-state index in [1.54, 1.807) is 0 Å². The number of imidazole rings is 1. The molecule has 0 radical (unpaired) electrons. The summed E-state index contributed by atoms with van der Waals surface area (Å²) in [6, 6.07) is 3.07. The van der Waals surface area contributed by atoms with Crippen molar-refractivity contribution in [1.82, 2.24) is 15.0 Å². The fourth-order valence-corrected chi connectivity index (χ4v) is 1.85. The van der Waals surface area contributed by atoms with Crippen molar-refractivity contribution in [2.75, 3.05) is 0 Å². The first-order valence-electron chi connectivity index (χ1n) is 5.70. The summed E-state index contributed by atoms with van der Waals surface area (Å²) in [5, 5.41) is 8.85. The minimum absolute atomic E-state index is 0.0727. The first kappa shape index (κ1) is 13.1. The van der Waals surface area contributed by atoms with E-state index in [2.05, 4.69) is 15.0 Å². The number of aromatic carboxylic acids is 1. The number of carbonyl (C=O) groups is 1. The lowest BCUT2D eigenvalue weighted by molar-refractivity contribution is 0.0696. The second-order valence-electron chi connectivity index (χ2n) is 4.21. The Labute approximate surface area is 115 Å². The predicted octanol–water partition coefficient (Wildman–Crippen LogP) is 2.74. The summed E-state index contributed by atoms with van der Waals surface area (Å²) in [5.41, 5.74) is 0.0281. The fourth-order valence-electron chi connectivity index (χ4n) is 1.85. The number of H-pyrrole nitrogens is 1. The molecule has 0 saturated heterocycles. The maximum atomic E-state index is 13.7. The molecular weight excluding hydrogens is 287 g/mol. The largest absolute Gasteiger partial charge is 0.478 e. The first-order chi connectivity index (χ1) is 9.97. The number of hydrogen-bond donors (Lipinski definition) is 2. The zero-order valence-electron chi connectivity index (χ0n) is 10.2. The van der Waals surface area contributed by atoms with Crippen molar-refractivity contribution >= 4 is 17.1 Å². The number of aromatic amines is 1. The molecule has 1 aromatic carbocycles. The molecule has 106 valence electrons. The zero-order valence-corrected chi connectivity index (χ0v) is 10.2. The topological polar surface area (TPSA) is 78.9 Å². The second-order valence-corrected chi connectivity index (χ2v) is 4.21. The SMILES string of the molecule is O=C(O)c1cnc2nc(-c3ccc(F)c(F)c3F)[nH]c2c1. The van der Waals surface area contributed by atoms with Crippen molar-refractivity contribution in [1.29, 1.82) is 0 Å². The van der Waals surface area contributed by atoms with E-state index in [4.69, 9.17) is 5.11 Å². The number of nitrogens with zero attached hydrogens (tertiary/aromatic N) is 2. The third-order valence-electron chi connectivity index (χ3n) is 2.87. The summed E-state index contributed by atoms with van der Waals surface area (Å²) in [6.45, 7) is 0. The Morgan fingerprint density at radius 1 is 1.19 bits per heavy atom. The van der Waals surface area contributed by atoms with Gasteiger partial charge in [0.05, 0.1) is 16.6 Å². The molecule has 2 aromatic heterocycles. The van der Waals surface area contributed by atoms with Crippen LogP contribution in [0.5, 0.6) is 0 Å². The quantitative estimate of drug-likeness (QED) is 0.712. The lowest BCUT2D eigenvalue weighted by Crippen LogP contribution is -1.96. The number of rotatable bonds is 2. The first-order valence-corrected chi connectivity index (χ1v) is 5.70. The number of benzene rings is 1. The number of nitrogens with one attached hydrogen (secondary N) is 1. The zero-order chi connectivity index (χ0) is 15.1. The van der Waals surface area contributed by atoms with Crippen molar-refractivity contribution < 1.29 is 23.1 Å². The molecule has 0 aliphatic carbocycles. The highest BCUT2D eigenvalue weighted by atomic mass is 19.2. The number of carboxylic acids is 1. The van der Waals surface area contributed by atoms with Gasteiger partial charge in [0.25, 0.3) is 0 Å². The Kier molecular flexibility index (Phi) is 2.86. The summed E-state index contributed by atoms with van der Waals surface area (Å²) < 4.78 is 39.8. The van der Waals surface area contributed by atoms with Gasteiger partial charge in [-0.1, -0.05) is 0 Å². The van der Waals surface area contributed by atoms with Gasteiger partial charge in [-0.05, 0) is 18.2 Å². The molecule has 0 fully saturated rings. The highest BCUT2D eigenvalue weighted by Gasteiger charge is 2.18. The van der Waals surface area contributed by atoms with Gasteiger partial charge in [0.2, 0.25) is 0 Å². The second kappa shape index (κ2) is 4.58. The van der Waals surface area contributed by atoms with E-state index in [0.717, 1.165) is 18.3 Å². The number of pyridine rings is 1. The van der Waals surface area contributed by atoms with E-state index in [-0.39, 0.29) is 28.1 Å². The monoisotopic (exact) mass is 293 g/mol. The van der Waals surface area contributed by atoms with Gasteiger partial charge < -0.3 is 10.1 Å². The molecule has 2 N–H and O–H groups in total. The van der Waals surface area contributed by atoms with Crippen molar-refractivity contribution in [3.05, 3.63) is 47.4 Å². The smallest absolute Gasteiger partial charge is 0.337 e. The molecule has 8 heteroatoms. The number of hydrogen-bond acceptors (Lipinski definition) is 3. The minimum Gasteiger partial charge on any atom is -0.478 e. The van der Waals surface area contributed by atoms with Gasteiger partial charge in [-0.25, -0.2) is 27.9 Å². The standard InChI is InChI=1S/C13H6F3N3O2/c14-7-2-1-6(9(15)10(7)16)11-18-8-3-5(13(20)21)4-17-12(8)19-11/h1-4H,(H,20,21)(H,17,18,19). The molecule has 0 amide bonds. The number of halogens is 3. The van der Waals surface area contributed by atoms with Crippen LogP contribution < -0.4 is 0 Å². The van der Waals surface area contributed by atoms with Crippen LogP contribution in [0.15, 0.2) is 24.4 Å². The van der Waals surface area contributed by atoms with Crippen LogP contribution in [0.25, 0.3) is 22.6 Å². The summed E-state index contributed by atoms with van der Waals surface area (Å²) in [6.07, 6.45) is 1.09. The normalized spacial score (nSPS) is 11.0. The molecular formula is C13H6F3N3O2. The highest BCUT2D eigenvalue weighted by Crippen LogP contribution is 2.25. The van der Waals surface area contributed by atoms with Crippen molar-refractivity contribution in [3.8, 4) is 11.4 Å². The molecule has 0 unspecified atom stereocenters. The van der Waals surface area contributed by atoms with Crippen LogP contribution in [-0.2, 0) is 0 Å². The molecule has 0 spiro atoms. The maximum Gasteiger partial charge on any atom is 0.337 e. The van der Waals surface area contributed by atoms with Gasteiger partial charge in [-0.2, -0.15) is 0 Å². The Bertz CT molecular complexity index is 876. The van der Waals surface area contributed by atoms with Gasteiger partial charge in [0, 0.05) is 6.20 Å². The van der Waals surface area contributed by atoms with E-state index in [9.17, 15) is 18.0 Å². The third-order valence-corrected chi connectivity index (χ3v) is 2.87. The Morgan fingerprint density at radius 3 is 2.67 bits per heavy atom. The van der Waals surface area contributed by atoms with Crippen LogP contribution >= 0.6 is 0 Å². The highest BCUT2D eigenvalue weighted by molar-refractivity contribution is 5.91. The molecule has 0 aliphatic rings. The van der Waals surface area contributed by atoms with E-state index >= 15 is 0 Å². The van der Waals surface area contributed by atoms with Crippen LogP contribution in [0.3, 0.4) is 0 Å². The van der Waals surface area contributed by atoms with Crippen LogP contribution in [0.2, 0.25) is 0 Å². The van der Waals surface area contributed by atoms with Crippen molar-refractivity contribution in [2.45, 2.75) is 0 Å². The van der Waals surface area contributed by atoms with Crippen molar-refractivity contribution in [3.63, 3.8) is 0 Å². The number of aromatic nitrogens is 3. The minimum atomic E-state index is -1.60. The predicted molar refractivity (Wildman–Crippen MR) is 66.2 cm³/mol. The average Bonchev–Trinajstić information content (AvgIpc) is 2.87. The van der Waals surface area contributed by atoms with Crippen LogP contribution in [0.4, 0.5) is 13.2 Å². The Balaban J connectivity index is 2.18. The average molecular weight is 293 g/mol. The van der Waals surface area contributed by atoms with Gasteiger partial charge in [0.1, 0.15) is 5.82 Å². The van der Waals surface area contributed by atoms with Gasteiger partial charge in [-0.15, -0.1) is 0 Å². The maximum absolute atomic E-state index is 13.7. The van der Waals surface area contributed by atoms with E-state index < -0.39 is 23.4 Å². The molecule has 0 atom stereocenters. The van der Waals surface area contributed by atoms with Crippen molar-refractivity contribution in [2.24, 2.45) is 0 Å². The summed E-state index contributed by atoms with van der Waals surface area (Å²) >= 11 is 0. The Morgan fingerprint density at radius 2 is 1.95 bits per heavy atom. The molecule has 3 aromatic rings. The van der Waals surface area contributed by atoms with Gasteiger partial charge >= 0.3 is 5.97 Å². The lowest BCUT2D eigenvalue weighted by atomic mass is 10.2. The molecule has 0 bridgehead atoms. The lowest BCUT2D eigenvalue weighted by Gasteiger charge is -2.00. The van der Waals surface area contributed by atoms with Crippen LogP contribution in [0.1, 0.15) is 10.4 Å². The summed E-state index contributed by atoms with van der Waals surface area (Å²) in [4.78, 5) is 21.2. The van der Waals surface area contributed by atoms with E-state index in [1.165, 1.54) is 6.07 Å². The number of fused-ring (bicyclic) bond motifs is 1.